The Labute approximate surface area is 272 Å². The second-order valence-corrected chi connectivity index (χ2v) is 14.2. The molecule has 1 heterocycles. The van der Waals surface area contributed by atoms with Gasteiger partial charge in [-0.05, 0) is 31.7 Å². The summed E-state index contributed by atoms with van der Waals surface area (Å²) in [6.45, 7) is 8.09. The molecule has 0 amide bonds. The molecule has 1 aromatic rings. The van der Waals surface area contributed by atoms with E-state index >= 15 is 0 Å². The Hall–Kier alpha value is -0.850. The molecule has 0 aliphatic heterocycles. The molecule has 252 valence electrons. The van der Waals surface area contributed by atoms with Crippen molar-refractivity contribution in [1.82, 2.24) is 0 Å². The van der Waals surface area contributed by atoms with E-state index in [1.165, 1.54) is 218 Å². The molecule has 1 aromatic heterocycles. The summed E-state index contributed by atoms with van der Waals surface area (Å²) >= 11 is 0. The molecule has 1 rings (SSSR count). The van der Waals surface area contributed by atoms with Gasteiger partial charge in [0, 0.05) is 17.5 Å². The molecule has 0 spiro atoms. The molecular formula is C42H80N+. The topological polar surface area (TPSA) is 3.88 Å². The van der Waals surface area contributed by atoms with Gasteiger partial charge in [0.25, 0.3) is 0 Å². The van der Waals surface area contributed by atoms with Crippen molar-refractivity contribution in [3.8, 4) is 0 Å². The Balaban J connectivity index is 2.04. The maximum atomic E-state index is 2.54. The number of nitrogens with zero attached hydrogens (tertiary/aromatic N) is 1. The van der Waals surface area contributed by atoms with E-state index in [1.807, 2.05) is 0 Å². The van der Waals surface area contributed by atoms with Crippen molar-refractivity contribution in [1.29, 1.82) is 0 Å². The van der Waals surface area contributed by atoms with Crippen LogP contribution in [0.2, 0.25) is 0 Å². The van der Waals surface area contributed by atoms with E-state index in [-0.39, 0.29) is 0 Å². The van der Waals surface area contributed by atoms with Crippen molar-refractivity contribution in [2.75, 3.05) is 0 Å². The van der Waals surface area contributed by atoms with Crippen LogP contribution in [-0.4, -0.2) is 0 Å². The quantitative estimate of drug-likeness (QED) is 0.0549. The van der Waals surface area contributed by atoms with Gasteiger partial charge in [0.2, 0.25) is 0 Å². The highest BCUT2D eigenvalue weighted by molar-refractivity contribution is 5.15. The standard InChI is InChI=1S/C42H80N/c1-4-7-9-11-13-15-17-19-21-23-25-27-29-31-33-35-41-38-42(40-43(39-41)37-6-3)36-34-32-30-28-26-24-22-20-18-16-14-12-10-8-5-2/h38-40H,4-37H2,1-3H3/q+1. The lowest BCUT2D eigenvalue weighted by Crippen LogP contribution is -2.34. The van der Waals surface area contributed by atoms with E-state index in [4.69, 9.17) is 0 Å². The lowest BCUT2D eigenvalue weighted by atomic mass is 10.0. The Bertz CT molecular complexity index is 627. The van der Waals surface area contributed by atoms with Gasteiger partial charge in [-0.2, -0.15) is 0 Å². The molecule has 0 saturated carbocycles. The molecule has 0 bridgehead atoms. The zero-order valence-electron chi connectivity index (χ0n) is 30.2. The number of pyridine rings is 1. The summed E-state index contributed by atoms with van der Waals surface area (Å²) in [5.41, 5.74) is 3.17. The van der Waals surface area contributed by atoms with Crippen LogP contribution in [0, 0.1) is 0 Å². The second-order valence-electron chi connectivity index (χ2n) is 14.2. The Morgan fingerprint density at radius 1 is 0.326 bits per heavy atom. The fraction of sp³-hybridized carbons (Fsp3) is 0.881. The molecule has 0 aliphatic carbocycles. The van der Waals surface area contributed by atoms with Crippen molar-refractivity contribution in [3.05, 3.63) is 29.6 Å². The van der Waals surface area contributed by atoms with Gasteiger partial charge in [-0.3, -0.25) is 0 Å². The minimum absolute atomic E-state index is 1.17. The minimum Gasteiger partial charge on any atom is -0.205 e. The summed E-state index contributed by atoms with van der Waals surface area (Å²) < 4.78 is 2.49. The summed E-state index contributed by atoms with van der Waals surface area (Å²) in [7, 11) is 0. The predicted molar refractivity (Wildman–Crippen MR) is 194 cm³/mol. The van der Waals surface area contributed by atoms with Crippen LogP contribution in [0.1, 0.15) is 231 Å². The summed E-state index contributed by atoms with van der Waals surface area (Å²) in [6.07, 6.45) is 52.0. The number of unbranched alkanes of at least 4 members (excludes halogenated alkanes) is 28. The van der Waals surface area contributed by atoms with Gasteiger partial charge in [0.1, 0.15) is 6.54 Å². The molecule has 43 heavy (non-hydrogen) atoms. The first-order valence-corrected chi connectivity index (χ1v) is 20.3. The first-order chi connectivity index (χ1) is 21.3. The van der Waals surface area contributed by atoms with E-state index in [0.717, 1.165) is 0 Å². The molecule has 1 nitrogen and oxygen atoms in total. The van der Waals surface area contributed by atoms with Crippen LogP contribution in [0.3, 0.4) is 0 Å². The van der Waals surface area contributed by atoms with Crippen LogP contribution in [0.25, 0.3) is 0 Å². The van der Waals surface area contributed by atoms with Gasteiger partial charge in [0.05, 0.1) is 0 Å². The van der Waals surface area contributed by atoms with Crippen molar-refractivity contribution >= 4 is 0 Å². The second kappa shape index (κ2) is 32.5. The Morgan fingerprint density at radius 2 is 0.581 bits per heavy atom. The van der Waals surface area contributed by atoms with Gasteiger partial charge in [0.15, 0.2) is 12.4 Å². The van der Waals surface area contributed by atoms with Crippen molar-refractivity contribution in [2.24, 2.45) is 0 Å². The zero-order chi connectivity index (χ0) is 30.9. The van der Waals surface area contributed by atoms with Crippen molar-refractivity contribution in [2.45, 2.75) is 239 Å². The predicted octanol–water partition coefficient (Wildman–Crippen LogP) is 14.2. The van der Waals surface area contributed by atoms with Crippen LogP contribution >= 0.6 is 0 Å². The maximum absolute atomic E-state index is 2.54. The van der Waals surface area contributed by atoms with Gasteiger partial charge in [-0.25, -0.2) is 4.57 Å². The monoisotopic (exact) mass is 599 g/mol. The third-order valence-corrected chi connectivity index (χ3v) is 9.65. The molecular weight excluding hydrogens is 518 g/mol. The van der Waals surface area contributed by atoms with Gasteiger partial charge < -0.3 is 0 Å². The Morgan fingerprint density at radius 3 is 0.837 bits per heavy atom. The summed E-state index contributed by atoms with van der Waals surface area (Å²) in [6, 6.07) is 2.54. The SMILES string of the molecule is CCCCCCCCCCCCCCCCCc1cc(CCCCCCCCCCCCCCCCC)c[n+](CCC)c1. The van der Waals surface area contributed by atoms with E-state index in [9.17, 15) is 0 Å². The number of aryl methyl sites for hydroxylation is 3. The molecule has 0 aliphatic rings. The van der Waals surface area contributed by atoms with Crippen molar-refractivity contribution in [3.63, 3.8) is 0 Å². The third kappa shape index (κ3) is 27.2. The molecule has 0 atom stereocenters. The van der Waals surface area contributed by atoms with Crippen LogP contribution in [0.15, 0.2) is 18.5 Å². The Kier molecular flexibility index (Phi) is 30.4. The van der Waals surface area contributed by atoms with Crippen LogP contribution < -0.4 is 4.57 Å². The minimum atomic E-state index is 1.17. The van der Waals surface area contributed by atoms with Gasteiger partial charge >= 0.3 is 0 Å². The summed E-state index contributed by atoms with van der Waals surface area (Å²) in [5, 5.41) is 0. The van der Waals surface area contributed by atoms with Crippen LogP contribution in [0.5, 0.6) is 0 Å². The highest BCUT2D eigenvalue weighted by Gasteiger charge is 2.08. The van der Waals surface area contributed by atoms with Gasteiger partial charge in [-0.1, -0.05) is 201 Å². The van der Waals surface area contributed by atoms with E-state index in [1.54, 1.807) is 11.1 Å². The number of hydrogen-bond donors (Lipinski definition) is 0. The number of hydrogen-bond acceptors (Lipinski definition) is 0. The van der Waals surface area contributed by atoms with E-state index < -0.39 is 0 Å². The average Bonchev–Trinajstić information content (AvgIpc) is 3.01. The summed E-state index contributed by atoms with van der Waals surface area (Å²) in [4.78, 5) is 0. The molecule has 0 unspecified atom stereocenters. The highest BCUT2D eigenvalue weighted by atomic mass is 14.9. The molecule has 1 heteroatoms. The number of aromatic nitrogens is 1. The largest absolute Gasteiger partial charge is 0.205 e. The molecule has 0 fully saturated rings. The number of rotatable bonds is 34. The lowest BCUT2D eigenvalue weighted by molar-refractivity contribution is -0.697. The van der Waals surface area contributed by atoms with Crippen LogP contribution in [0.4, 0.5) is 0 Å². The lowest BCUT2D eigenvalue weighted by Gasteiger charge is -2.07. The van der Waals surface area contributed by atoms with E-state index in [2.05, 4.69) is 43.8 Å². The molecule has 0 aromatic carbocycles. The zero-order valence-corrected chi connectivity index (χ0v) is 30.2. The smallest absolute Gasteiger partial charge is 0.171 e. The normalized spacial score (nSPS) is 11.5. The first-order valence-electron chi connectivity index (χ1n) is 20.3. The third-order valence-electron chi connectivity index (χ3n) is 9.65. The average molecular weight is 599 g/mol. The fourth-order valence-electron chi connectivity index (χ4n) is 6.84. The van der Waals surface area contributed by atoms with Crippen molar-refractivity contribution < 1.29 is 4.57 Å². The molecule has 0 saturated heterocycles. The van der Waals surface area contributed by atoms with Crippen LogP contribution in [-0.2, 0) is 19.4 Å². The fourth-order valence-corrected chi connectivity index (χ4v) is 6.84. The summed E-state index contributed by atoms with van der Waals surface area (Å²) in [5.74, 6) is 0. The first kappa shape index (κ1) is 40.2. The molecule has 0 N–H and O–H groups in total. The highest BCUT2D eigenvalue weighted by Crippen LogP contribution is 2.17. The van der Waals surface area contributed by atoms with E-state index in [0.29, 0.717) is 0 Å². The maximum Gasteiger partial charge on any atom is 0.171 e. The molecule has 0 radical (unpaired) electrons. The van der Waals surface area contributed by atoms with Gasteiger partial charge in [-0.15, -0.1) is 0 Å².